The van der Waals surface area contributed by atoms with Crippen LogP contribution in [0, 0.1) is 5.82 Å². The molecule has 0 saturated heterocycles. The van der Waals surface area contributed by atoms with Gasteiger partial charge in [-0.05, 0) is 42.3 Å². The first kappa shape index (κ1) is 21.8. The Balaban J connectivity index is 1.94. The van der Waals surface area contributed by atoms with Crippen molar-refractivity contribution in [2.75, 3.05) is 13.1 Å². The zero-order chi connectivity index (χ0) is 20.5. The van der Waals surface area contributed by atoms with Gasteiger partial charge in [-0.15, -0.1) is 0 Å². The Hall–Kier alpha value is -2.45. The number of aliphatic hydroxyl groups is 1. The van der Waals surface area contributed by atoms with E-state index in [0.29, 0.717) is 18.1 Å². The van der Waals surface area contributed by atoms with Gasteiger partial charge in [0.25, 0.3) is 0 Å². The summed E-state index contributed by atoms with van der Waals surface area (Å²) in [5.41, 5.74) is 1.27. The molecule has 1 unspecified atom stereocenters. The number of alkyl halides is 2. The molecule has 0 aliphatic rings. The summed E-state index contributed by atoms with van der Waals surface area (Å²) in [6, 6.07) is 10.1. The summed E-state index contributed by atoms with van der Waals surface area (Å²) in [5, 5.41) is 16.3. The van der Waals surface area contributed by atoms with Crippen molar-refractivity contribution in [2.24, 2.45) is 4.99 Å². The van der Waals surface area contributed by atoms with Crippen molar-refractivity contribution in [1.29, 1.82) is 0 Å². The fraction of sp³-hybridized carbons (Fsp3) is 0.316. The van der Waals surface area contributed by atoms with Crippen molar-refractivity contribution < 1.29 is 23.0 Å². The van der Waals surface area contributed by atoms with Gasteiger partial charge in [-0.25, -0.2) is 9.38 Å². The topological polar surface area (TPSA) is 65.9 Å². The highest BCUT2D eigenvalue weighted by Crippen LogP contribution is 2.19. The van der Waals surface area contributed by atoms with E-state index in [0.717, 1.165) is 5.56 Å². The van der Waals surface area contributed by atoms with Crippen molar-refractivity contribution in [2.45, 2.75) is 26.2 Å². The molecule has 1 atom stereocenters. The number of hydrogen-bond acceptors (Lipinski definition) is 3. The number of benzene rings is 2. The van der Waals surface area contributed by atoms with Crippen molar-refractivity contribution >= 4 is 17.6 Å². The van der Waals surface area contributed by atoms with Gasteiger partial charge in [-0.3, -0.25) is 0 Å². The zero-order valence-electron chi connectivity index (χ0n) is 15.1. The second kappa shape index (κ2) is 10.8. The van der Waals surface area contributed by atoms with Gasteiger partial charge in [-0.1, -0.05) is 29.8 Å². The van der Waals surface area contributed by atoms with Crippen molar-refractivity contribution in [3.8, 4) is 5.75 Å². The highest BCUT2D eigenvalue weighted by molar-refractivity contribution is 6.30. The molecule has 152 valence electrons. The van der Waals surface area contributed by atoms with Gasteiger partial charge in [0.05, 0.1) is 17.7 Å². The van der Waals surface area contributed by atoms with Gasteiger partial charge in [0.1, 0.15) is 11.6 Å². The average Bonchev–Trinajstić information content (AvgIpc) is 2.66. The molecular formula is C19H21ClF3N3O2. The Bertz CT molecular complexity index is 788. The summed E-state index contributed by atoms with van der Waals surface area (Å²) in [4.78, 5) is 4.37. The summed E-state index contributed by atoms with van der Waals surface area (Å²) < 4.78 is 41.8. The molecular weight excluding hydrogens is 395 g/mol. The van der Waals surface area contributed by atoms with E-state index in [4.69, 9.17) is 11.6 Å². The third-order valence-electron chi connectivity index (χ3n) is 3.70. The van der Waals surface area contributed by atoms with E-state index in [9.17, 15) is 18.3 Å². The Morgan fingerprint density at radius 1 is 1.18 bits per heavy atom. The minimum absolute atomic E-state index is 0.0202. The van der Waals surface area contributed by atoms with E-state index in [1.165, 1.54) is 36.4 Å². The predicted octanol–water partition coefficient (Wildman–Crippen LogP) is 3.87. The Kier molecular flexibility index (Phi) is 8.41. The first-order chi connectivity index (χ1) is 13.4. The molecule has 28 heavy (non-hydrogen) atoms. The lowest BCUT2D eigenvalue weighted by molar-refractivity contribution is -0.0498. The van der Waals surface area contributed by atoms with Gasteiger partial charge in [0, 0.05) is 13.1 Å². The number of rotatable bonds is 8. The van der Waals surface area contributed by atoms with E-state index in [2.05, 4.69) is 20.4 Å². The highest BCUT2D eigenvalue weighted by atomic mass is 35.5. The minimum Gasteiger partial charge on any atom is -0.435 e. The lowest BCUT2D eigenvalue weighted by atomic mass is 10.1. The minimum atomic E-state index is -2.90. The molecule has 2 aromatic rings. The normalized spacial score (nSPS) is 12.8. The van der Waals surface area contributed by atoms with Crippen LogP contribution in [-0.2, 0) is 6.54 Å². The molecule has 0 aromatic heterocycles. The summed E-state index contributed by atoms with van der Waals surface area (Å²) in [5.74, 6) is -0.0149. The van der Waals surface area contributed by atoms with Crippen LogP contribution in [0.2, 0.25) is 5.02 Å². The fourth-order valence-electron chi connectivity index (χ4n) is 2.33. The number of aliphatic hydroxyl groups excluding tert-OH is 1. The molecule has 0 saturated carbocycles. The maximum absolute atomic E-state index is 13.2. The third kappa shape index (κ3) is 6.94. The van der Waals surface area contributed by atoms with Crippen LogP contribution in [0.3, 0.4) is 0 Å². The molecule has 5 nitrogen and oxygen atoms in total. The predicted molar refractivity (Wildman–Crippen MR) is 102 cm³/mol. The second-order valence-corrected chi connectivity index (χ2v) is 6.20. The summed E-state index contributed by atoms with van der Waals surface area (Å²) in [6.07, 6.45) is -0.885. The number of nitrogens with one attached hydrogen (secondary N) is 2. The molecule has 0 aliphatic carbocycles. The number of guanidine groups is 1. The summed E-state index contributed by atoms with van der Waals surface area (Å²) >= 11 is 5.76. The molecule has 0 radical (unpaired) electrons. The van der Waals surface area contributed by atoms with Gasteiger partial charge in [-0.2, -0.15) is 8.78 Å². The van der Waals surface area contributed by atoms with Gasteiger partial charge in [0.2, 0.25) is 0 Å². The zero-order valence-corrected chi connectivity index (χ0v) is 15.9. The summed E-state index contributed by atoms with van der Waals surface area (Å²) in [7, 11) is 0. The van der Waals surface area contributed by atoms with Crippen LogP contribution in [0.4, 0.5) is 13.2 Å². The molecule has 3 N–H and O–H groups in total. The number of halogens is 4. The van der Waals surface area contributed by atoms with E-state index in [-0.39, 0.29) is 23.9 Å². The maximum Gasteiger partial charge on any atom is 0.387 e. The van der Waals surface area contributed by atoms with E-state index in [1.54, 1.807) is 6.07 Å². The molecule has 0 fully saturated rings. The quantitative estimate of drug-likeness (QED) is 0.452. The third-order valence-corrected chi connectivity index (χ3v) is 3.99. The van der Waals surface area contributed by atoms with Gasteiger partial charge < -0.3 is 20.5 Å². The first-order valence-electron chi connectivity index (χ1n) is 8.58. The van der Waals surface area contributed by atoms with Crippen molar-refractivity contribution in [1.82, 2.24) is 10.6 Å². The van der Waals surface area contributed by atoms with Gasteiger partial charge >= 0.3 is 6.61 Å². The molecule has 0 spiro atoms. The van der Waals surface area contributed by atoms with E-state index in [1.807, 2.05) is 6.92 Å². The number of hydrogen-bond donors (Lipinski definition) is 3. The van der Waals surface area contributed by atoms with Gasteiger partial charge in [0.15, 0.2) is 5.96 Å². The lowest BCUT2D eigenvalue weighted by Gasteiger charge is -2.16. The van der Waals surface area contributed by atoms with Crippen molar-refractivity contribution in [3.63, 3.8) is 0 Å². The molecule has 2 rings (SSSR count). The maximum atomic E-state index is 13.2. The molecule has 9 heteroatoms. The smallest absolute Gasteiger partial charge is 0.387 e. The standard InChI is InChI=1S/C19H21ClF3N3O2/c1-2-24-19(25-10-12-3-8-16(21)15(20)9-12)26-11-17(27)13-4-6-14(7-5-13)28-18(22)23/h3-9,17-18,27H,2,10-11H2,1H3,(H2,24,25,26). The largest absolute Gasteiger partial charge is 0.435 e. The Labute approximate surface area is 166 Å². The van der Waals surface area contributed by atoms with Crippen LogP contribution < -0.4 is 15.4 Å². The SMILES string of the molecule is CCNC(=NCc1ccc(F)c(Cl)c1)NCC(O)c1ccc(OC(F)F)cc1. The molecule has 0 aliphatic heterocycles. The molecule has 0 heterocycles. The number of ether oxygens (including phenoxy) is 1. The Morgan fingerprint density at radius 3 is 2.50 bits per heavy atom. The first-order valence-corrected chi connectivity index (χ1v) is 8.95. The Morgan fingerprint density at radius 2 is 1.89 bits per heavy atom. The lowest BCUT2D eigenvalue weighted by Crippen LogP contribution is -2.39. The van der Waals surface area contributed by atoms with E-state index >= 15 is 0 Å². The van der Waals surface area contributed by atoms with Crippen LogP contribution >= 0.6 is 11.6 Å². The molecule has 0 amide bonds. The van der Waals surface area contributed by atoms with Crippen LogP contribution in [0.1, 0.15) is 24.2 Å². The van der Waals surface area contributed by atoms with Crippen molar-refractivity contribution in [3.05, 3.63) is 64.4 Å². The van der Waals surface area contributed by atoms with Crippen LogP contribution in [-0.4, -0.2) is 30.8 Å². The number of aliphatic imine (C=N–C) groups is 1. The second-order valence-electron chi connectivity index (χ2n) is 5.79. The monoisotopic (exact) mass is 415 g/mol. The van der Waals surface area contributed by atoms with Crippen LogP contribution in [0.25, 0.3) is 0 Å². The van der Waals surface area contributed by atoms with Crippen LogP contribution in [0.15, 0.2) is 47.5 Å². The summed E-state index contributed by atoms with van der Waals surface area (Å²) in [6.45, 7) is 0.0128. The average molecular weight is 416 g/mol. The van der Waals surface area contributed by atoms with Crippen LogP contribution in [0.5, 0.6) is 5.75 Å². The molecule has 2 aromatic carbocycles. The number of nitrogens with zero attached hydrogens (tertiary/aromatic N) is 1. The fourth-order valence-corrected chi connectivity index (χ4v) is 2.54. The highest BCUT2D eigenvalue weighted by Gasteiger charge is 2.10. The van der Waals surface area contributed by atoms with E-state index < -0.39 is 18.5 Å². The molecule has 0 bridgehead atoms.